The summed E-state index contributed by atoms with van der Waals surface area (Å²) in [6.07, 6.45) is 4.21. The van der Waals surface area contributed by atoms with E-state index in [1.165, 1.54) is 30.3 Å². The van der Waals surface area contributed by atoms with Crippen LogP contribution in [0.1, 0.15) is 24.8 Å². The van der Waals surface area contributed by atoms with E-state index in [9.17, 15) is 13.6 Å². The molecule has 0 unspecified atom stereocenters. The van der Waals surface area contributed by atoms with Crippen LogP contribution in [-0.2, 0) is 4.79 Å². The molecule has 7 nitrogen and oxygen atoms in total. The molecule has 2 fully saturated rings. The summed E-state index contributed by atoms with van der Waals surface area (Å²) >= 11 is 0. The van der Waals surface area contributed by atoms with Gasteiger partial charge in [0, 0.05) is 49.2 Å². The van der Waals surface area contributed by atoms with Crippen molar-refractivity contribution in [1.29, 1.82) is 0 Å². The van der Waals surface area contributed by atoms with Crippen molar-refractivity contribution in [2.75, 3.05) is 29.9 Å². The number of piperidine rings is 1. The SMILES string of the molecule is Cc1cnc(Nc2ccc(Oc3cccc(F)c3)c(F)c2)nc1N1CCC2(CCNC2=O)CC1. The van der Waals surface area contributed by atoms with Gasteiger partial charge in [-0.15, -0.1) is 0 Å². The number of nitrogens with one attached hydrogen (secondary N) is 2. The van der Waals surface area contributed by atoms with Crippen LogP contribution in [0.25, 0.3) is 0 Å². The number of amides is 1. The lowest BCUT2D eigenvalue weighted by Crippen LogP contribution is -2.44. The van der Waals surface area contributed by atoms with Crippen molar-refractivity contribution < 1.29 is 18.3 Å². The van der Waals surface area contributed by atoms with Gasteiger partial charge in [0.05, 0.1) is 5.41 Å². The highest BCUT2D eigenvalue weighted by Gasteiger charge is 2.44. The number of carbonyl (C=O) groups excluding carboxylic acids is 1. The molecule has 2 aromatic carbocycles. The maximum absolute atomic E-state index is 14.6. The predicted octanol–water partition coefficient (Wildman–Crippen LogP) is 4.71. The molecular formula is C25H25F2N5O2. The molecule has 3 aromatic rings. The minimum absolute atomic E-state index is 0.0140. The van der Waals surface area contributed by atoms with Gasteiger partial charge in [-0.05, 0) is 50.5 Å². The molecule has 0 atom stereocenters. The summed E-state index contributed by atoms with van der Waals surface area (Å²) in [5.41, 5.74) is 1.15. The van der Waals surface area contributed by atoms with Crippen LogP contribution in [0.4, 0.5) is 26.2 Å². The van der Waals surface area contributed by atoms with E-state index in [1.807, 2.05) is 6.92 Å². The summed E-state index contributed by atoms with van der Waals surface area (Å²) in [5.74, 6) is 0.455. The molecule has 2 aliphatic heterocycles. The zero-order valence-corrected chi connectivity index (χ0v) is 18.8. The van der Waals surface area contributed by atoms with E-state index in [1.54, 1.807) is 18.3 Å². The number of aryl methyl sites for hydroxylation is 1. The summed E-state index contributed by atoms with van der Waals surface area (Å²) in [7, 11) is 0. The lowest BCUT2D eigenvalue weighted by molar-refractivity contribution is -0.128. The first kappa shape index (κ1) is 22.1. The van der Waals surface area contributed by atoms with Gasteiger partial charge in [-0.3, -0.25) is 4.79 Å². The van der Waals surface area contributed by atoms with E-state index in [2.05, 4.69) is 25.5 Å². The molecule has 2 N–H and O–H groups in total. The maximum atomic E-state index is 14.6. The van der Waals surface area contributed by atoms with Gasteiger partial charge in [-0.1, -0.05) is 6.07 Å². The van der Waals surface area contributed by atoms with Crippen molar-refractivity contribution in [1.82, 2.24) is 15.3 Å². The summed E-state index contributed by atoms with van der Waals surface area (Å²) in [6.45, 7) is 4.18. The van der Waals surface area contributed by atoms with E-state index in [0.717, 1.165) is 50.3 Å². The normalized spacial score (nSPS) is 17.0. The van der Waals surface area contributed by atoms with E-state index in [4.69, 9.17) is 4.74 Å². The number of benzene rings is 2. The molecule has 34 heavy (non-hydrogen) atoms. The van der Waals surface area contributed by atoms with Crippen molar-refractivity contribution in [3.8, 4) is 11.5 Å². The zero-order valence-electron chi connectivity index (χ0n) is 18.8. The lowest BCUT2D eigenvalue weighted by atomic mass is 9.77. The second kappa shape index (κ2) is 8.89. The Labute approximate surface area is 196 Å². The Balaban J connectivity index is 1.28. The van der Waals surface area contributed by atoms with E-state index in [0.29, 0.717) is 11.6 Å². The van der Waals surface area contributed by atoms with Crippen molar-refractivity contribution in [3.63, 3.8) is 0 Å². The molecule has 5 rings (SSSR count). The molecular weight excluding hydrogens is 440 g/mol. The molecule has 1 amide bonds. The quantitative estimate of drug-likeness (QED) is 0.569. The molecule has 0 saturated carbocycles. The minimum Gasteiger partial charge on any atom is -0.454 e. The lowest BCUT2D eigenvalue weighted by Gasteiger charge is -2.38. The fourth-order valence-corrected chi connectivity index (χ4v) is 4.60. The Bertz CT molecular complexity index is 1230. The summed E-state index contributed by atoms with van der Waals surface area (Å²) < 4.78 is 33.4. The second-order valence-corrected chi connectivity index (χ2v) is 8.80. The van der Waals surface area contributed by atoms with Crippen molar-refractivity contribution in [2.24, 2.45) is 5.41 Å². The largest absolute Gasteiger partial charge is 0.454 e. The highest BCUT2D eigenvalue weighted by Crippen LogP contribution is 2.39. The van der Waals surface area contributed by atoms with Crippen LogP contribution in [0.15, 0.2) is 48.7 Å². The average Bonchev–Trinajstić information content (AvgIpc) is 3.17. The second-order valence-electron chi connectivity index (χ2n) is 8.80. The number of aromatic nitrogens is 2. The van der Waals surface area contributed by atoms with Crippen LogP contribution in [0.5, 0.6) is 11.5 Å². The maximum Gasteiger partial charge on any atom is 0.229 e. The number of anilines is 3. The monoisotopic (exact) mass is 465 g/mol. The Morgan fingerprint density at radius 2 is 1.94 bits per heavy atom. The van der Waals surface area contributed by atoms with E-state index in [-0.39, 0.29) is 22.8 Å². The standard InChI is InChI=1S/C25H25F2N5O2/c1-16-15-29-24(31-22(16)32-11-8-25(9-12-32)7-10-28-23(25)33)30-18-5-6-21(20(27)14-18)34-19-4-2-3-17(26)13-19/h2-6,13-15H,7-12H2,1H3,(H,28,33)(H,29,30,31). The number of hydrogen-bond donors (Lipinski definition) is 2. The molecule has 176 valence electrons. The molecule has 1 spiro atoms. The van der Waals surface area contributed by atoms with Gasteiger partial charge in [0.15, 0.2) is 11.6 Å². The third-order valence-corrected chi connectivity index (χ3v) is 6.55. The van der Waals surface area contributed by atoms with Gasteiger partial charge in [0.25, 0.3) is 0 Å². The molecule has 0 aliphatic carbocycles. The van der Waals surface area contributed by atoms with Gasteiger partial charge in [-0.2, -0.15) is 4.98 Å². The van der Waals surface area contributed by atoms with Gasteiger partial charge in [-0.25, -0.2) is 13.8 Å². The molecule has 2 saturated heterocycles. The van der Waals surface area contributed by atoms with Gasteiger partial charge < -0.3 is 20.3 Å². The molecule has 3 heterocycles. The van der Waals surface area contributed by atoms with Gasteiger partial charge in [0.2, 0.25) is 11.9 Å². The Morgan fingerprint density at radius 3 is 2.65 bits per heavy atom. The smallest absolute Gasteiger partial charge is 0.229 e. The molecule has 1 aromatic heterocycles. The number of rotatable bonds is 5. The first-order chi connectivity index (χ1) is 16.4. The number of ether oxygens (including phenoxy) is 1. The first-order valence-electron chi connectivity index (χ1n) is 11.3. The van der Waals surface area contributed by atoms with Crippen LogP contribution in [0.3, 0.4) is 0 Å². The zero-order chi connectivity index (χ0) is 23.7. The minimum atomic E-state index is -0.599. The van der Waals surface area contributed by atoms with E-state index < -0.39 is 11.6 Å². The van der Waals surface area contributed by atoms with Crippen LogP contribution in [0, 0.1) is 24.0 Å². The van der Waals surface area contributed by atoms with Crippen molar-refractivity contribution >= 4 is 23.4 Å². The number of hydrogen-bond acceptors (Lipinski definition) is 6. The summed E-state index contributed by atoms with van der Waals surface area (Å²) in [5, 5.41) is 6.00. The predicted molar refractivity (Wildman–Crippen MR) is 124 cm³/mol. The first-order valence-corrected chi connectivity index (χ1v) is 11.3. The highest BCUT2D eigenvalue weighted by atomic mass is 19.1. The fourth-order valence-electron chi connectivity index (χ4n) is 4.60. The van der Waals surface area contributed by atoms with E-state index >= 15 is 0 Å². The number of nitrogens with zero attached hydrogens (tertiary/aromatic N) is 3. The molecule has 9 heteroatoms. The van der Waals surface area contributed by atoms with Gasteiger partial charge >= 0.3 is 0 Å². The van der Waals surface area contributed by atoms with Gasteiger partial charge in [0.1, 0.15) is 17.4 Å². The molecule has 2 aliphatic rings. The fraction of sp³-hybridized carbons (Fsp3) is 0.320. The average molecular weight is 466 g/mol. The van der Waals surface area contributed by atoms with Crippen LogP contribution < -0.4 is 20.3 Å². The topological polar surface area (TPSA) is 79.4 Å². The molecule has 0 bridgehead atoms. The third kappa shape index (κ3) is 4.37. The summed E-state index contributed by atoms with van der Waals surface area (Å²) in [4.78, 5) is 23.4. The number of carbonyl (C=O) groups is 1. The Kier molecular flexibility index (Phi) is 5.77. The Hall–Kier alpha value is -3.75. The van der Waals surface area contributed by atoms with Crippen LogP contribution in [-0.4, -0.2) is 35.5 Å². The number of halogens is 2. The van der Waals surface area contributed by atoms with Crippen molar-refractivity contribution in [2.45, 2.75) is 26.2 Å². The highest BCUT2D eigenvalue weighted by molar-refractivity contribution is 5.85. The van der Waals surface area contributed by atoms with Crippen LogP contribution in [0.2, 0.25) is 0 Å². The summed E-state index contributed by atoms with van der Waals surface area (Å²) in [6, 6.07) is 9.92. The van der Waals surface area contributed by atoms with Crippen LogP contribution >= 0.6 is 0 Å². The van der Waals surface area contributed by atoms with Crippen molar-refractivity contribution in [3.05, 3.63) is 65.9 Å². The third-order valence-electron chi connectivity index (χ3n) is 6.55. The molecule has 0 radical (unpaired) electrons. The Morgan fingerprint density at radius 1 is 1.12 bits per heavy atom.